The first-order chi connectivity index (χ1) is 14.8. The summed E-state index contributed by atoms with van der Waals surface area (Å²) in [4.78, 5) is 27.9. The van der Waals surface area contributed by atoms with Crippen LogP contribution in [0.15, 0.2) is 18.3 Å². The van der Waals surface area contributed by atoms with Gasteiger partial charge in [-0.3, -0.25) is 9.48 Å². The number of ether oxygens (including phenoxy) is 1. The molecule has 1 N–H and O–H groups in total. The molecule has 1 aromatic carbocycles. The number of carbonyl (C=O) groups is 2. The molecule has 1 atom stereocenters. The van der Waals surface area contributed by atoms with E-state index in [1.54, 1.807) is 22.7 Å². The number of aromatic nitrogens is 2. The highest BCUT2D eigenvalue weighted by Crippen LogP contribution is 2.28. The van der Waals surface area contributed by atoms with E-state index in [1.165, 1.54) is 4.90 Å². The fourth-order valence-corrected chi connectivity index (χ4v) is 3.48. The molecule has 1 saturated heterocycles. The summed E-state index contributed by atoms with van der Waals surface area (Å²) in [6, 6.07) is 0.556. The molecule has 168 valence electrons. The number of urea groups is 1. The molecule has 0 aliphatic carbocycles. The van der Waals surface area contributed by atoms with E-state index in [0.29, 0.717) is 43.2 Å². The van der Waals surface area contributed by atoms with Gasteiger partial charge in [-0.25, -0.2) is 18.0 Å². The predicted octanol–water partition coefficient (Wildman–Crippen LogP) is 3.13. The Labute approximate surface area is 177 Å². The van der Waals surface area contributed by atoms with Crippen LogP contribution in [-0.4, -0.2) is 52.4 Å². The lowest BCUT2D eigenvalue weighted by atomic mass is 10.2. The smallest absolute Gasteiger partial charge is 0.322 e. The van der Waals surface area contributed by atoms with Crippen LogP contribution in [-0.2, 0) is 22.6 Å². The molecule has 11 heteroatoms. The van der Waals surface area contributed by atoms with Gasteiger partial charge in [0, 0.05) is 24.4 Å². The summed E-state index contributed by atoms with van der Waals surface area (Å²) in [5.41, 5.74) is 1.08. The first kappa shape index (κ1) is 22.6. The van der Waals surface area contributed by atoms with E-state index >= 15 is 0 Å². The molecular formula is C20H24F3N5O3. The Morgan fingerprint density at radius 1 is 1.23 bits per heavy atom. The number of benzene rings is 1. The number of nitrogens with zero attached hydrogens (tertiary/aromatic N) is 4. The summed E-state index contributed by atoms with van der Waals surface area (Å²) in [6.45, 7) is 7.08. The Bertz CT molecular complexity index is 958. The molecule has 2 aliphatic rings. The third kappa shape index (κ3) is 4.50. The third-order valence-corrected chi connectivity index (χ3v) is 4.99. The number of nitrogens with one attached hydrogen (secondary N) is 1. The third-order valence-electron chi connectivity index (χ3n) is 4.99. The Morgan fingerprint density at radius 3 is 2.55 bits per heavy atom. The van der Waals surface area contributed by atoms with E-state index < -0.39 is 23.5 Å². The molecule has 0 spiro atoms. The molecular weight excluding hydrogens is 415 g/mol. The molecule has 1 fully saturated rings. The molecule has 0 unspecified atom stereocenters. The monoisotopic (exact) mass is 439 g/mol. The highest BCUT2D eigenvalue weighted by atomic mass is 19.2. The number of hydrogen-bond acceptors (Lipinski definition) is 4. The van der Waals surface area contributed by atoms with Gasteiger partial charge in [-0.15, -0.1) is 0 Å². The van der Waals surface area contributed by atoms with Crippen LogP contribution in [0.5, 0.6) is 0 Å². The van der Waals surface area contributed by atoms with Crippen LogP contribution in [0.25, 0.3) is 0 Å². The molecule has 2 aromatic rings. The number of morpholine rings is 1. The van der Waals surface area contributed by atoms with Gasteiger partial charge in [-0.05, 0) is 6.92 Å². The first-order valence-corrected chi connectivity index (χ1v) is 10.00. The lowest BCUT2D eigenvalue weighted by molar-refractivity contribution is -0.125. The highest BCUT2D eigenvalue weighted by molar-refractivity contribution is 5.95. The number of hydrogen-bond donors (Lipinski definition) is 1. The second-order valence-corrected chi connectivity index (χ2v) is 6.92. The zero-order valence-corrected chi connectivity index (χ0v) is 17.5. The van der Waals surface area contributed by atoms with Gasteiger partial charge in [-0.2, -0.15) is 5.10 Å². The van der Waals surface area contributed by atoms with Crippen LogP contribution in [0.3, 0.4) is 0 Å². The van der Waals surface area contributed by atoms with Crippen molar-refractivity contribution < 1.29 is 27.5 Å². The molecule has 31 heavy (non-hydrogen) atoms. The maximum absolute atomic E-state index is 13.4. The van der Waals surface area contributed by atoms with Gasteiger partial charge in [0.1, 0.15) is 6.61 Å². The van der Waals surface area contributed by atoms with Gasteiger partial charge in [0.2, 0.25) is 0 Å². The van der Waals surface area contributed by atoms with E-state index in [2.05, 4.69) is 10.4 Å². The van der Waals surface area contributed by atoms with Crippen LogP contribution in [0.2, 0.25) is 0 Å². The van der Waals surface area contributed by atoms with Crippen LogP contribution < -0.4 is 10.2 Å². The second kappa shape index (κ2) is 9.38. The average molecular weight is 439 g/mol. The van der Waals surface area contributed by atoms with Gasteiger partial charge in [0.25, 0.3) is 5.91 Å². The van der Waals surface area contributed by atoms with E-state index in [9.17, 15) is 22.8 Å². The molecule has 8 nitrogen and oxygen atoms in total. The fraction of sp³-hybridized carbons (Fsp3) is 0.450. The zero-order chi connectivity index (χ0) is 22.7. The van der Waals surface area contributed by atoms with E-state index in [-0.39, 0.29) is 30.8 Å². The summed E-state index contributed by atoms with van der Waals surface area (Å²) >= 11 is 0. The van der Waals surface area contributed by atoms with Crippen LogP contribution in [0.4, 0.5) is 29.3 Å². The minimum absolute atomic E-state index is 0.0209. The van der Waals surface area contributed by atoms with Gasteiger partial charge < -0.3 is 19.9 Å². The van der Waals surface area contributed by atoms with Gasteiger partial charge >= 0.3 is 6.03 Å². The Morgan fingerprint density at radius 2 is 1.90 bits per heavy atom. The van der Waals surface area contributed by atoms with Crippen molar-refractivity contribution in [2.24, 2.45) is 0 Å². The molecule has 4 rings (SSSR count). The highest BCUT2D eigenvalue weighted by Gasteiger charge is 2.33. The van der Waals surface area contributed by atoms with Gasteiger partial charge in [0.15, 0.2) is 17.5 Å². The first-order valence-electron chi connectivity index (χ1n) is 10.00. The minimum Gasteiger partial charge on any atom is -0.370 e. The van der Waals surface area contributed by atoms with Crippen molar-refractivity contribution in [3.63, 3.8) is 0 Å². The van der Waals surface area contributed by atoms with Crippen LogP contribution in [0.1, 0.15) is 26.5 Å². The normalized spacial score (nSPS) is 18.3. The standard InChI is InChI=1S/C18H18F3N5O3.C2H6/c1-10-7-26-15(14(6-22-26)24-2-3-29-9-16(24)27)8-25(10)18(28)23-11-4-12(19)17(21)13(20)5-11;1-2/h4-6,10H,2-3,7-9H2,1H3,(H,23,28);1-2H3/t10-;/m0./s1. The minimum atomic E-state index is -1.60. The average Bonchev–Trinajstić information content (AvgIpc) is 3.15. The molecule has 1 aromatic heterocycles. The summed E-state index contributed by atoms with van der Waals surface area (Å²) < 4.78 is 46.8. The molecule has 3 heterocycles. The quantitative estimate of drug-likeness (QED) is 0.730. The summed E-state index contributed by atoms with van der Waals surface area (Å²) in [7, 11) is 0. The molecule has 2 aliphatic heterocycles. The fourth-order valence-electron chi connectivity index (χ4n) is 3.48. The Balaban J connectivity index is 0.00000132. The van der Waals surface area contributed by atoms with Gasteiger partial charge in [0.05, 0.1) is 43.3 Å². The zero-order valence-electron chi connectivity index (χ0n) is 17.5. The van der Waals surface area contributed by atoms with Crippen molar-refractivity contribution in [3.05, 3.63) is 41.5 Å². The van der Waals surface area contributed by atoms with E-state index in [4.69, 9.17) is 4.74 Å². The predicted molar refractivity (Wildman–Crippen MR) is 107 cm³/mol. The lowest BCUT2D eigenvalue weighted by Crippen LogP contribution is -2.48. The SMILES string of the molecule is CC.C[C@H]1Cn2ncc(N3CCOCC3=O)c2CN1C(=O)Nc1cc(F)c(F)c(F)c1. The number of anilines is 2. The van der Waals surface area contributed by atoms with Gasteiger partial charge in [-0.1, -0.05) is 13.8 Å². The Hall–Kier alpha value is -3.08. The number of halogens is 3. The molecule has 3 amide bonds. The lowest BCUT2D eigenvalue weighted by Gasteiger charge is -2.35. The summed E-state index contributed by atoms with van der Waals surface area (Å²) in [5, 5.41) is 6.70. The Kier molecular flexibility index (Phi) is 6.84. The van der Waals surface area contributed by atoms with Crippen molar-refractivity contribution in [3.8, 4) is 0 Å². The second-order valence-electron chi connectivity index (χ2n) is 6.92. The van der Waals surface area contributed by atoms with Crippen LogP contribution in [0, 0.1) is 17.5 Å². The number of rotatable bonds is 2. The van der Waals surface area contributed by atoms with Crippen molar-refractivity contribution in [1.82, 2.24) is 14.7 Å². The van der Waals surface area contributed by atoms with E-state index in [1.807, 2.05) is 13.8 Å². The van der Waals surface area contributed by atoms with E-state index in [0.717, 1.165) is 0 Å². The number of amides is 3. The number of fused-ring (bicyclic) bond motifs is 1. The van der Waals surface area contributed by atoms with Crippen molar-refractivity contribution >= 4 is 23.3 Å². The molecule has 0 radical (unpaired) electrons. The largest absolute Gasteiger partial charge is 0.370 e. The topological polar surface area (TPSA) is 79.7 Å². The maximum Gasteiger partial charge on any atom is 0.322 e. The number of carbonyl (C=O) groups excluding carboxylic acids is 2. The summed E-state index contributed by atoms with van der Waals surface area (Å²) in [6.07, 6.45) is 1.58. The van der Waals surface area contributed by atoms with Crippen molar-refractivity contribution in [2.75, 3.05) is 30.0 Å². The molecule has 0 bridgehead atoms. The molecule has 0 saturated carbocycles. The van der Waals surface area contributed by atoms with Crippen molar-refractivity contribution in [1.29, 1.82) is 0 Å². The van der Waals surface area contributed by atoms with Crippen molar-refractivity contribution in [2.45, 2.75) is 39.9 Å². The maximum atomic E-state index is 13.4. The summed E-state index contributed by atoms with van der Waals surface area (Å²) in [5.74, 6) is -4.58. The van der Waals surface area contributed by atoms with Crippen LogP contribution >= 0.6 is 0 Å².